The summed E-state index contributed by atoms with van der Waals surface area (Å²) in [6.45, 7) is 0. The highest BCUT2D eigenvalue weighted by atomic mass is 16.3. The Hall–Kier alpha value is -7.56. The monoisotopic (exact) mass is 715 g/mol. The molecule has 56 heavy (non-hydrogen) atoms. The number of aromatic nitrogens is 3. The van der Waals surface area contributed by atoms with Crippen molar-refractivity contribution in [2.45, 2.75) is 0 Å². The smallest absolute Gasteiger partial charge is 0.180 e. The molecule has 11 rings (SSSR count). The zero-order chi connectivity index (χ0) is 37.0. The first-order valence-electron chi connectivity index (χ1n) is 18.9. The Labute approximate surface area is 323 Å². The molecule has 0 saturated heterocycles. The van der Waals surface area contributed by atoms with E-state index in [0.717, 1.165) is 66.8 Å². The first-order chi connectivity index (χ1) is 27.8. The van der Waals surface area contributed by atoms with Gasteiger partial charge in [0.05, 0.1) is 16.4 Å². The summed E-state index contributed by atoms with van der Waals surface area (Å²) in [5, 5.41) is 3.45. The van der Waals surface area contributed by atoms with Gasteiger partial charge in [-0.1, -0.05) is 164 Å². The molecule has 3 heterocycles. The number of fused-ring (bicyclic) bond motifs is 6. The van der Waals surface area contributed by atoms with E-state index in [2.05, 4.69) is 174 Å². The van der Waals surface area contributed by atoms with Crippen LogP contribution in [0.25, 0.3) is 106 Å². The van der Waals surface area contributed by atoms with Gasteiger partial charge in [0.2, 0.25) is 0 Å². The molecule has 0 spiro atoms. The number of furan rings is 1. The highest BCUT2D eigenvalue weighted by Gasteiger charge is 2.21. The Morgan fingerprint density at radius 3 is 1.79 bits per heavy atom. The van der Waals surface area contributed by atoms with E-state index in [1.165, 1.54) is 27.4 Å². The van der Waals surface area contributed by atoms with E-state index in [9.17, 15) is 0 Å². The molecule has 0 saturated carbocycles. The Morgan fingerprint density at radius 2 is 0.982 bits per heavy atom. The summed E-state index contributed by atoms with van der Waals surface area (Å²) >= 11 is 0. The summed E-state index contributed by atoms with van der Waals surface area (Å²) in [5.41, 5.74) is 15.2. The molecule has 8 aromatic carbocycles. The maximum atomic E-state index is 6.73. The Bertz CT molecular complexity index is 3220. The van der Waals surface area contributed by atoms with Crippen LogP contribution in [-0.2, 0) is 0 Å². The average molecular weight is 716 g/mol. The summed E-state index contributed by atoms with van der Waals surface area (Å²) in [4.78, 5) is 10.4. The number of para-hydroxylation sites is 2. The van der Waals surface area contributed by atoms with Gasteiger partial charge < -0.3 is 8.98 Å². The van der Waals surface area contributed by atoms with Crippen LogP contribution in [0.1, 0.15) is 0 Å². The van der Waals surface area contributed by atoms with Crippen LogP contribution >= 0.6 is 0 Å². The molecule has 4 nitrogen and oxygen atoms in total. The van der Waals surface area contributed by atoms with E-state index < -0.39 is 0 Å². The zero-order valence-corrected chi connectivity index (χ0v) is 30.3. The van der Waals surface area contributed by atoms with Gasteiger partial charge in [0.15, 0.2) is 11.4 Å². The molecule has 0 atom stereocenters. The summed E-state index contributed by atoms with van der Waals surface area (Å²) in [6, 6.07) is 70.3. The minimum absolute atomic E-state index is 0.661. The zero-order valence-electron chi connectivity index (χ0n) is 30.3. The SMILES string of the molecule is c1ccc(-c2ccc(-c3nc(-c4ccccc4)nc4c3oc3cccc(-c5cccc(-c6ccc7c8ccccc8n(-c8ccccc8)c7c6)c5)c34)cc2)cc1. The molecule has 0 aliphatic heterocycles. The lowest BCUT2D eigenvalue weighted by Crippen LogP contribution is -1.94. The number of benzene rings is 8. The molecular formula is C52H33N3O. The lowest BCUT2D eigenvalue weighted by molar-refractivity contribution is 0.667. The summed E-state index contributed by atoms with van der Waals surface area (Å²) < 4.78 is 9.09. The molecule has 4 heteroatoms. The van der Waals surface area contributed by atoms with Crippen molar-refractivity contribution in [3.63, 3.8) is 0 Å². The Balaban J connectivity index is 1.08. The first-order valence-corrected chi connectivity index (χ1v) is 18.9. The molecule has 0 N–H and O–H groups in total. The van der Waals surface area contributed by atoms with Gasteiger partial charge in [-0.2, -0.15) is 0 Å². The Morgan fingerprint density at radius 1 is 0.393 bits per heavy atom. The van der Waals surface area contributed by atoms with Crippen molar-refractivity contribution in [2.75, 3.05) is 0 Å². The quantitative estimate of drug-likeness (QED) is 0.172. The second-order valence-corrected chi connectivity index (χ2v) is 14.2. The fourth-order valence-electron chi connectivity index (χ4n) is 8.16. The highest BCUT2D eigenvalue weighted by Crippen LogP contribution is 2.42. The first kappa shape index (κ1) is 31.9. The fourth-order valence-corrected chi connectivity index (χ4v) is 8.16. The number of hydrogen-bond donors (Lipinski definition) is 0. The fraction of sp³-hybridized carbons (Fsp3) is 0. The van der Waals surface area contributed by atoms with Gasteiger partial charge in [-0.3, -0.25) is 0 Å². The topological polar surface area (TPSA) is 43.9 Å². The third kappa shape index (κ3) is 5.31. The number of hydrogen-bond acceptors (Lipinski definition) is 3. The minimum atomic E-state index is 0.661. The van der Waals surface area contributed by atoms with Crippen LogP contribution in [0.5, 0.6) is 0 Å². The summed E-state index contributed by atoms with van der Waals surface area (Å²) in [5.74, 6) is 0.661. The largest absolute Gasteiger partial charge is 0.452 e. The van der Waals surface area contributed by atoms with Crippen molar-refractivity contribution in [3.8, 4) is 61.7 Å². The van der Waals surface area contributed by atoms with Gasteiger partial charge in [-0.15, -0.1) is 0 Å². The third-order valence-electron chi connectivity index (χ3n) is 10.8. The van der Waals surface area contributed by atoms with Crippen LogP contribution in [0.3, 0.4) is 0 Å². The van der Waals surface area contributed by atoms with Crippen LogP contribution in [-0.4, -0.2) is 14.5 Å². The lowest BCUT2D eigenvalue weighted by atomic mass is 9.96. The van der Waals surface area contributed by atoms with Crippen LogP contribution in [0.4, 0.5) is 0 Å². The van der Waals surface area contributed by atoms with Crippen LogP contribution in [0.2, 0.25) is 0 Å². The predicted molar refractivity (Wildman–Crippen MR) is 231 cm³/mol. The van der Waals surface area contributed by atoms with Crippen LogP contribution in [0, 0.1) is 0 Å². The van der Waals surface area contributed by atoms with Gasteiger partial charge >= 0.3 is 0 Å². The second-order valence-electron chi connectivity index (χ2n) is 14.2. The van der Waals surface area contributed by atoms with Gasteiger partial charge in [-0.05, 0) is 69.8 Å². The molecule has 0 radical (unpaired) electrons. The molecule has 0 bridgehead atoms. The van der Waals surface area contributed by atoms with Crippen LogP contribution < -0.4 is 0 Å². The van der Waals surface area contributed by atoms with E-state index >= 15 is 0 Å². The molecule has 0 fully saturated rings. The molecule has 0 aliphatic rings. The number of rotatable bonds is 6. The van der Waals surface area contributed by atoms with Gasteiger partial charge in [0.1, 0.15) is 16.8 Å². The van der Waals surface area contributed by atoms with Crippen LogP contribution in [0.15, 0.2) is 205 Å². The van der Waals surface area contributed by atoms with E-state index in [1.54, 1.807) is 0 Å². The Kier molecular flexibility index (Phi) is 7.46. The number of nitrogens with zero attached hydrogens (tertiary/aromatic N) is 3. The average Bonchev–Trinajstić information content (AvgIpc) is 3.83. The van der Waals surface area contributed by atoms with E-state index in [0.29, 0.717) is 11.4 Å². The lowest BCUT2D eigenvalue weighted by Gasteiger charge is -2.10. The molecule has 3 aromatic heterocycles. The van der Waals surface area contributed by atoms with Gasteiger partial charge in [-0.25, -0.2) is 9.97 Å². The molecular weight excluding hydrogens is 683 g/mol. The van der Waals surface area contributed by atoms with Crippen molar-refractivity contribution in [3.05, 3.63) is 200 Å². The molecule has 0 unspecified atom stereocenters. The summed E-state index contributed by atoms with van der Waals surface area (Å²) in [7, 11) is 0. The van der Waals surface area contributed by atoms with Crippen molar-refractivity contribution in [1.29, 1.82) is 0 Å². The van der Waals surface area contributed by atoms with E-state index in [4.69, 9.17) is 14.4 Å². The van der Waals surface area contributed by atoms with Crippen molar-refractivity contribution >= 4 is 43.9 Å². The van der Waals surface area contributed by atoms with Gasteiger partial charge in [0, 0.05) is 27.6 Å². The van der Waals surface area contributed by atoms with Crippen molar-refractivity contribution in [1.82, 2.24) is 14.5 Å². The molecule has 0 aliphatic carbocycles. The maximum absolute atomic E-state index is 6.73. The van der Waals surface area contributed by atoms with E-state index in [1.807, 2.05) is 30.3 Å². The standard InChI is InChI=1S/C52H33N3O/c1-4-14-34(15-5-1)35-26-28-36(29-27-35)49-51-50(54-52(53-49)37-16-6-2-7-17-37)48-42(23-13-25-47(48)56-51)40-19-12-18-38(32-40)39-30-31-44-43-22-10-11-24-45(43)55(46(44)33-39)41-20-8-3-9-21-41/h1-33H. The molecule has 11 aromatic rings. The highest BCUT2D eigenvalue weighted by molar-refractivity contribution is 6.14. The molecule has 262 valence electrons. The minimum Gasteiger partial charge on any atom is -0.452 e. The molecule has 0 amide bonds. The van der Waals surface area contributed by atoms with Gasteiger partial charge in [0.25, 0.3) is 0 Å². The maximum Gasteiger partial charge on any atom is 0.180 e. The predicted octanol–water partition coefficient (Wildman–Crippen LogP) is 13.8. The van der Waals surface area contributed by atoms with E-state index in [-0.39, 0.29) is 0 Å². The summed E-state index contributed by atoms with van der Waals surface area (Å²) in [6.07, 6.45) is 0. The normalized spacial score (nSPS) is 11.6. The van der Waals surface area contributed by atoms with Crippen molar-refractivity contribution in [2.24, 2.45) is 0 Å². The third-order valence-corrected chi connectivity index (χ3v) is 10.8. The second kappa shape index (κ2) is 13.1. The van der Waals surface area contributed by atoms with Crippen molar-refractivity contribution < 1.29 is 4.42 Å².